The Kier molecular flexibility index (Phi) is 3.81. The van der Waals surface area contributed by atoms with Crippen molar-refractivity contribution >= 4 is 5.69 Å². The fourth-order valence-corrected chi connectivity index (χ4v) is 1.88. The molecule has 3 heteroatoms. The van der Waals surface area contributed by atoms with Gasteiger partial charge in [-0.1, -0.05) is 24.3 Å². The van der Waals surface area contributed by atoms with E-state index in [1.54, 1.807) is 18.2 Å². The van der Waals surface area contributed by atoms with Crippen molar-refractivity contribution < 1.29 is 0 Å². The molecule has 0 aliphatic rings. The predicted molar refractivity (Wildman–Crippen MR) is 74.4 cm³/mol. The lowest BCUT2D eigenvalue weighted by Gasteiger charge is -2.11. The second kappa shape index (κ2) is 5.71. The zero-order valence-corrected chi connectivity index (χ0v) is 10.6. The number of rotatable bonds is 3. The second-order valence-corrected chi connectivity index (χ2v) is 4.27. The van der Waals surface area contributed by atoms with Crippen molar-refractivity contribution in [3.63, 3.8) is 0 Å². The van der Waals surface area contributed by atoms with Crippen molar-refractivity contribution in [1.82, 2.24) is 0 Å². The summed E-state index contributed by atoms with van der Waals surface area (Å²) in [6, 6.07) is 17.3. The third-order valence-electron chi connectivity index (χ3n) is 2.95. The summed E-state index contributed by atoms with van der Waals surface area (Å²) < 4.78 is 0. The van der Waals surface area contributed by atoms with Gasteiger partial charge in [0.2, 0.25) is 0 Å². The molecule has 0 aromatic heterocycles. The molecule has 2 aromatic rings. The molecule has 0 heterocycles. The van der Waals surface area contributed by atoms with Gasteiger partial charge >= 0.3 is 0 Å². The number of hydrogen-bond acceptors (Lipinski definition) is 3. The van der Waals surface area contributed by atoms with Gasteiger partial charge in [-0.2, -0.15) is 10.5 Å². The minimum absolute atomic E-state index is 0.630. The van der Waals surface area contributed by atoms with Crippen LogP contribution in [0.2, 0.25) is 0 Å². The van der Waals surface area contributed by atoms with E-state index >= 15 is 0 Å². The first kappa shape index (κ1) is 12.7. The van der Waals surface area contributed by atoms with Crippen LogP contribution in [0.3, 0.4) is 0 Å². The molecule has 3 nitrogen and oxygen atoms in total. The topological polar surface area (TPSA) is 59.6 Å². The van der Waals surface area contributed by atoms with Gasteiger partial charge in [0.05, 0.1) is 22.9 Å². The molecule has 92 valence electrons. The van der Waals surface area contributed by atoms with E-state index in [4.69, 9.17) is 10.5 Å². The Morgan fingerprint density at radius 1 is 1.00 bits per heavy atom. The SMILES string of the molecule is Cc1cccc(C#N)c1NCc1ccc(C#N)cc1. The summed E-state index contributed by atoms with van der Waals surface area (Å²) in [6.45, 7) is 2.60. The van der Waals surface area contributed by atoms with Gasteiger partial charge in [0, 0.05) is 6.54 Å². The van der Waals surface area contributed by atoms with E-state index in [0.717, 1.165) is 16.8 Å². The summed E-state index contributed by atoms with van der Waals surface area (Å²) in [5.74, 6) is 0. The monoisotopic (exact) mass is 247 g/mol. The maximum atomic E-state index is 9.08. The third kappa shape index (κ3) is 2.91. The average molecular weight is 247 g/mol. The van der Waals surface area contributed by atoms with Gasteiger partial charge in [0.15, 0.2) is 0 Å². The Balaban J connectivity index is 2.15. The predicted octanol–water partition coefficient (Wildman–Crippen LogP) is 3.35. The Morgan fingerprint density at radius 2 is 1.74 bits per heavy atom. The van der Waals surface area contributed by atoms with E-state index in [1.165, 1.54) is 0 Å². The standard InChI is InChI=1S/C16H13N3/c1-12-3-2-4-15(10-18)16(12)19-11-14-7-5-13(9-17)6-8-14/h2-8,19H,11H2,1H3. The van der Waals surface area contributed by atoms with Crippen molar-refractivity contribution in [2.45, 2.75) is 13.5 Å². The molecule has 0 atom stereocenters. The zero-order chi connectivity index (χ0) is 13.7. The molecule has 0 aliphatic heterocycles. The van der Waals surface area contributed by atoms with Crippen molar-refractivity contribution in [3.8, 4) is 12.1 Å². The molecule has 2 rings (SSSR count). The smallest absolute Gasteiger partial charge is 0.101 e. The maximum Gasteiger partial charge on any atom is 0.101 e. The Bertz CT molecular complexity index is 658. The summed E-state index contributed by atoms with van der Waals surface area (Å²) in [4.78, 5) is 0. The number of nitriles is 2. The van der Waals surface area contributed by atoms with Gasteiger partial charge in [-0.15, -0.1) is 0 Å². The van der Waals surface area contributed by atoms with Crippen LogP contribution in [0.4, 0.5) is 5.69 Å². The van der Waals surface area contributed by atoms with Crippen LogP contribution in [-0.4, -0.2) is 0 Å². The highest BCUT2D eigenvalue weighted by molar-refractivity contribution is 5.62. The zero-order valence-electron chi connectivity index (χ0n) is 10.6. The molecular formula is C16H13N3. The van der Waals surface area contributed by atoms with Crippen molar-refractivity contribution in [3.05, 3.63) is 64.7 Å². The largest absolute Gasteiger partial charge is 0.380 e. The summed E-state index contributed by atoms with van der Waals surface area (Å²) in [5, 5.41) is 21.1. The normalized spacial score (nSPS) is 9.42. The Labute approximate surface area is 112 Å². The highest BCUT2D eigenvalue weighted by Crippen LogP contribution is 2.20. The number of anilines is 1. The molecule has 1 N–H and O–H groups in total. The third-order valence-corrected chi connectivity index (χ3v) is 2.95. The van der Waals surface area contributed by atoms with Gasteiger partial charge in [-0.3, -0.25) is 0 Å². The first-order valence-corrected chi connectivity index (χ1v) is 5.97. The summed E-state index contributed by atoms with van der Waals surface area (Å²) >= 11 is 0. The fourth-order valence-electron chi connectivity index (χ4n) is 1.88. The molecule has 2 aromatic carbocycles. The van der Waals surface area contributed by atoms with Crippen LogP contribution < -0.4 is 5.32 Å². The van der Waals surface area contributed by atoms with Gasteiger partial charge in [0.1, 0.15) is 6.07 Å². The fraction of sp³-hybridized carbons (Fsp3) is 0.125. The highest BCUT2D eigenvalue weighted by Gasteiger charge is 2.04. The van der Waals surface area contributed by atoms with E-state index < -0.39 is 0 Å². The van der Waals surface area contributed by atoms with Crippen molar-refractivity contribution in [2.75, 3.05) is 5.32 Å². The van der Waals surface area contributed by atoms with E-state index in [0.29, 0.717) is 17.7 Å². The maximum absolute atomic E-state index is 9.08. The van der Waals surface area contributed by atoms with Gasteiger partial charge in [0.25, 0.3) is 0 Å². The minimum Gasteiger partial charge on any atom is -0.380 e. The van der Waals surface area contributed by atoms with Gasteiger partial charge < -0.3 is 5.32 Å². The Morgan fingerprint density at radius 3 is 2.37 bits per heavy atom. The molecular weight excluding hydrogens is 234 g/mol. The van der Waals surface area contributed by atoms with Crippen molar-refractivity contribution in [1.29, 1.82) is 10.5 Å². The summed E-state index contributed by atoms with van der Waals surface area (Å²) in [5.41, 5.74) is 4.29. The lowest BCUT2D eigenvalue weighted by atomic mass is 10.1. The van der Waals surface area contributed by atoms with Crippen LogP contribution >= 0.6 is 0 Å². The van der Waals surface area contributed by atoms with E-state index in [2.05, 4.69) is 17.5 Å². The molecule has 19 heavy (non-hydrogen) atoms. The lowest BCUT2D eigenvalue weighted by molar-refractivity contribution is 1.13. The highest BCUT2D eigenvalue weighted by atomic mass is 14.9. The number of aryl methyl sites for hydroxylation is 1. The average Bonchev–Trinajstić information content (AvgIpc) is 2.46. The second-order valence-electron chi connectivity index (χ2n) is 4.27. The quantitative estimate of drug-likeness (QED) is 0.904. The van der Waals surface area contributed by atoms with Crippen LogP contribution in [0.25, 0.3) is 0 Å². The molecule has 0 unspecified atom stereocenters. The minimum atomic E-state index is 0.630. The molecule has 0 amide bonds. The first-order chi connectivity index (χ1) is 9.24. The first-order valence-electron chi connectivity index (χ1n) is 5.97. The summed E-state index contributed by atoms with van der Waals surface area (Å²) in [7, 11) is 0. The number of hydrogen-bond donors (Lipinski definition) is 1. The molecule has 0 bridgehead atoms. The molecule has 0 fully saturated rings. The van der Waals surface area contributed by atoms with Crippen LogP contribution in [0.1, 0.15) is 22.3 Å². The van der Waals surface area contributed by atoms with Crippen LogP contribution in [0.5, 0.6) is 0 Å². The number of nitrogens with zero attached hydrogens (tertiary/aromatic N) is 2. The molecule has 0 spiro atoms. The molecule has 0 aliphatic carbocycles. The number of benzene rings is 2. The number of para-hydroxylation sites is 1. The lowest BCUT2D eigenvalue weighted by Crippen LogP contribution is -2.03. The van der Waals surface area contributed by atoms with E-state index in [1.807, 2.05) is 31.2 Å². The van der Waals surface area contributed by atoms with E-state index in [9.17, 15) is 0 Å². The van der Waals surface area contributed by atoms with Crippen LogP contribution in [0.15, 0.2) is 42.5 Å². The van der Waals surface area contributed by atoms with Gasteiger partial charge in [-0.25, -0.2) is 0 Å². The molecule has 0 saturated heterocycles. The van der Waals surface area contributed by atoms with Crippen LogP contribution in [-0.2, 0) is 6.54 Å². The van der Waals surface area contributed by atoms with Crippen LogP contribution in [0, 0.1) is 29.6 Å². The van der Waals surface area contributed by atoms with Gasteiger partial charge in [-0.05, 0) is 36.2 Å². The Hall–Kier alpha value is -2.78. The summed E-state index contributed by atoms with van der Waals surface area (Å²) in [6.07, 6.45) is 0. The molecule has 0 saturated carbocycles. The van der Waals surface area contributed by atoms with Crippen molar-refractivity contribution in [2.24, 2.45) is 0 Å². The number of nitrogens with one attached hydrogen (secondary N) is 1. The molecule has 0 radical (unpaired) electrons. The van der Waals surface area contributed by atoms with E-state index in [-0.39, 0.29) is 0 Å².